The number of aromatic amines is 1. The number of fused-ring (bicyclic) bond motifs is 1. The van der Waals surface area contributed by atoms with Crippen LogP contribution >= 0.6 is 0 Å². The predicted octanol–water partition coefficient (Wildman–Crippen LogP) is 3.89. The van der Waals surface area contributed by atoms with Gasteiger partial charge in [-0.15, -0.1) is 0 Å². The highest BCUT2D eigenvalue weighted by molar-refractivity contribution is 6.31. The zero-order valence-corrected chi connectivity index (χ0v) is 14.7. The molecule has 0 aliphatic carbocycles. The lowest BCUT2D eigenvalue weighted by Gasteiger charge is -2.05. The third-order valence-electron chi connectivity index (χ3n) is 4.57. The van der Waals surface area contributed by atoms with Crippen molar-refractivity contribution in [3.63, 3.8) is 0 Å². The van der Waals surface area contributed by atoms with E-state index >= 15 is 0 Å². The number of hydrogen-bond donors (Lipinski definition) is 2. The number of benzene rings is 2. The van der Waals surface area contributed by atoms with Crippen molar-refractivity contribution < 1.29 is 5.11 Å². The van der Waals surface area contributed by atoms with E-state index in [1.54, 1.807) is 6.08 Å². The summed E-state index contributed by atoms with van der Waals surface area (Å²) in [6.07, 6.45) is 1.79. The third kappa shape index (κ3) is 2.77. The minimum atomic E-state index is -0.336. The smallest absolute Gasteiger partial charge is 0.329 e. The van der Waals surface area contributed by atoms with Crippen LogP contribution in [0, 0.1) is 6.92 Å². The molecule has 1 aliphatic heterocycles. The summed E-state index contributed by atoms with van der Waals surface area (Å²) < 4.78 is 1.34. The number of aromatic hydroxyl groups is 1. The summed E-state index contributed by atoms with van der Waals surface area (Å²) >= 11 is 0. The van der Waals surface area contributed by atoms with Gasteiger partial charge in [-0.25, -0.2) is 4.79 Å². The molecule has 3 aromatic rings. The molecule has 1 aromatic heterocycles. The Morgan fingerprint density at radius 1 is 1.15 bits per heavy atom. The van der Waals surface area contributed by atoms with E-state index in [1.807, 2.05) is 62.4 Å². The number of nitrogens with one attached hydrogen (secondary N) is 1. The highest BCUT2D eigenvalue weighted by atomic mass is 16.3. The van der Waals surface area contributed by atoms with Gasteiger partial charge in [0.1, 0.15) is 5.69 Å². The Hall–Kier alpha value is -3.34. The van der Waals surface area contributed by atoms with Crippen molar-refractivity contribution in [1.29, 1.82) is 0 Å². The van der Waals surface area contributed by atoms with Crippen molar-refractivity contribution in [3.8, 4) is 5.88 Å². The van der Waals surface area contributed by atoms with Crippen molar-refractivity contribution in [1.82, 2.24) is 9.55 Å². The maximum Gasteiger partial charge on any atom is 0.329 e. The van der Waals surface area contributed by atoms with Gasteiger partial charge in [0.15, 0.2) is 0 Å². The number of aliphatic imine (C=N–C) groups is 1. The van der Waals surface area contributed by atoms with Gasteiger partial charge in [0.2, 0.25) is 5.88 Å². The number of H-pyrrole nitrogens is 1. The molecule has 0 atom stereocenters. The molecule has 0 amide bonds. The van der Waals surface area contributed by atoms with E-state index in [0.717, 1.165) is 33.7 Å². The summed E-state index contributed by atoms with van der Waals surface area (Å²) in [5.74, 6) is -0.0683. The van der Waals surface area contributed by atoms with Crippen LogP contribution in [0.5, 0.6) is 5.88 Å². The van der Waals surface area contributed by atoms with E-state index in [9.17, 15) is 9.90 Å². The maximum absolute atomic E-state index is 12.3. The lowest BCUT2D eigenvalue weighted by atomic mass is 10.0. The largest absolute Gasteiger partial charge is 0.493 e. The number of aromatic nitrogens is 2. The molecule has 2 aromatic carbocycles. The van der Waals surface area contributed by atoms with Gasteiger partial charge >= 0.3 is 5.69 Å². The van der Waals surface area contributed by atoms with Gasteiger partial charge in [0.25, 0.3) is 0 Å². The summed E-state index contributed by atoms with van der Waals surface area (Å²) in [6, 6.07) is 15.7. The molecule has 4 rings (SSSR count). The average molecular weight is 345 g/mol. The average Bonchev–Trinajstić information content (AvgIpc) is 3.07. The summed E-state index contributed by atoms with van der Waals surface area (Å²) in [7, 11) is 0. The van der Waals surface area contributed by atoms with Crippen molar-refractivity contribution in [2.24, 2.45) is 4.99 Å². The fourth-order valence-corrected chi connectivity index (χ4v) is 3.28. The van der Waals surface area contributed by atoms with E-state index in [2.05, 4.69) is 9.98 Å². The molecule has 0 spiro atoms. The molecule has 0 radical (unpaired) electrons. The fraction of sp³-hybridized carbons (Fsp3) is 0.143. The topological polar surface area (TPSA) is 70.4 Å². The number of imidazole rings is 1. The van der Waals surface area contributed by atoms with E-state index in [-0.39, 0.29) is 11.6 Å². The molecular weight excluding hydrogens is 326 g/mol. The molecule has 26 heavy (non-hydrogen) atoms. The molecule has 2 N–H and O–H groups in total. The Labute approximate surface area is 151 Å². The second-order valence-corrected chi connectivity index (χ2v) is 6.52. The van der Waals surface area contributed by atoms with Gasteiger partial charge in [-0.3, -0.25) is 9.56 Å². The van der Waals surface area contributed by atoms with E-state index in [0.29, 0.717) is 12.2 Å². The zero-order valence-electron chi connectivity index (χ0n) is 14.7. The van der Waals surface area contributed by atoms with Crippen molar-refractivity contribution in [2.45, 2.75) is 20.4 Å². The Balaban J connectivity index is 1.74. The number of aryl methyl sites for hydroxylation is 1. The minimum absolute atomic E-state index is 0.0683. The number of hydrogen-bond acceptors (Lipinski definition) is 3. The van der Waals surface area contributed by atoms with Crippen LogP contribution < -0.4 is 5.69 Å². The van der Waals surface area contributed by atoms with Crippen LogP contribution in [-0.2, 0) is 6.54 Å². The summed E-state index contributed by atoms with van der Waals surface area (Å²) in [6.45, 7) is 4.24. The van der Waals surface area contributed by atoms with E-state index in [1.165, 1.54) is 4.57 Å². The molecule has 0 saturated heterocycles. The van der Waals surface area contributed by atoms with Gasteiger partial charge < -0.3 is 10.1 Å². The molecule has 1 aliphatic rings. The molecular formula is C21H19N3O2. The summed E-state index contributed by atoms with van der Waals surface area (Å²) in [5.41, 5.74) is 5.79. The van der Waals surface area contributed by atoms with Crippen LogP contribution in [0.2, 0.25) is 0 Å². The second kappa shape index (κ2) is 6.19. The van der Waals surface area contributed by atoms with Crippen molar-refractivity contribution in [3.05, 3.63) is 81.4 Å². The molecule has 2 heterocycles. The first kappa shape index (κ1) is 16.1. The zero-order chi connectivity index (χ0) is 18.3. The standard InChI is InChI=1S/C21H19N3O2/c1-13-6-5-7-15(10-13)12-24-20(25)19(23-21(24)26)11-17-14(2)22-18-9-4-3-8-16(17)18/h3-11,25H,12H2,1-2H3,(H,23,26). The lowest BCUT2D eigenvalue weighted by molar-refractivity contribution is 0.420. The first-order valence-electron chi connectivity index (χ1n) is 8.47. The van der Waals surface area contributed by atoms with Gasteiger partial charge in [-0.2, -0.15) is 0 Å². The Bertz CT molecular complexity index is 1120. The lowest BCUT2D eigenvalue weighted by Crippen LogP contribution is -2.17. The normalized spacial score (nSPS) is 14.5. The van der Waals surface area contributed by atoms with E-state index < -0.39 is 0 Å². The Morgan fingerprint density at radius 2 is 1.96 bits per heavy atom. The van der Waals surface area contributed by atoms with Crippen LogP contribution in [0.15, 0.2) is 58.3 Å². The molecule has 130 valence electrons. The van der Waals surface area contributed by atoms with Gasteiger partial charge in [0.05, 0.1) is 12.2 Å². The second-order valence-electron chi connectivity index (χ2n) is 6.52. The third-order valence-corrected chi connectivity index (χ3v) is 4.57. The minimum Gasteiger partial charge on any atom is -0.493 e. The monoisotopic (exact) mass is 345 g/mol. The SMILES string of the molecule is CC1=Nc2ccccc2C1=Cc1[nH]c(=O)n(Cc2cccc(C)c2)c1O. The van der Waals surface area contributed by atoms with Crippen LogP contribution in [0.3, 0.4) is 0 Å². The highest BCUT2D eigenvalue weighted by Crippen LogP contribution is 2.36. The molecule has 0 fully saturated rings. The number of rotatable bonds is 3. The molecule has 5 heteroatoms. The fourth-order valence-electron chi connectivity index (χ4n) is 3.28. The van der Waals surface area contributed by atoms with Crippen LogP contribution in [0.25, 0.3) is 11.6 Å². The molecule has 0 unspecified atom stereocenters. The number of para-hydroxylation sites is 1. The van der Waals surface area contributed by atoms with Crippen LogP contribution in [0.4, 0.5) is 5.69 Å². The van der Waals surface area contributed by atoms with Crippen molar-refractivity contribution in [2.75, 3.05) is 0 Å². The highest BCUT2D eigenvalue weighted by Gasteiger charge is 2.19. The Morgan fingerprint density at radius 3 is 2.77 bits per heavy atom. The molecule has 0 bridgehead atoms. The van der Waals surface area contributed by atoms with Crippen molar-refractivity contribution >= 4 is 23.0 Å². The maximum atomic E-state index is 12.3. The summed E-state index contributed by atoms with van der Waals surface area (Å²) in [4.78, 5) is 19.6. The van der Waals surface area contributed by atoms with Crippen LogP contribution in [-0.4, -0.2) is 20.4 Å². The van der Waals surface area contributed by atoms with Gasteiger partial charge in [0, 0.05) is 16.8 Å². The van der Waals surface area contributed by atoms with Gasteiger partial charge in [-0.1, -0.05) is 48.0 Å². The molecule has 5 nitrogen and oxygen atoms in total. The molecule has 0 saturated carbocycles. The number of nitrogens with zero attached hydrogens (tertiary/aromatic N) is 2. The summed E-state index contributed by atoms with van der Waals surface area (Å²) in [5, 5.41) is 10.6. The quantitative estimate of drug-likeness (QED) is 0.756. The number of allylic oxidation sites excluding steroid dienone is 1. The predicted molar refractivity (Wildman–Crippen MR) is 104 cm³/mol. The van der Waals surface area contributed by atoms with E-state index in [4.69, 9.17) is 0 Å². The first-order valence-corrected chi connectivity index (χ1v) is 8.47. The van der Waals surface area contributed by atoms with Crippen LogP contribution in [0.1, 0.15) is 29.3 Å². The van der Waals surface area contributed by atoms with Gasteiger partial charge in [-0.05, 0) is 31.6 Å². The Kier molecular flexibility index (Phi) is 3.84. The first-order chi connectivity index (χ1) is 12.5.